The van der Waals surface area contributed by atoms with E-state index in [0.717, 1.165) is 41.7 Å². The summed E-state index contributed by atoms with van der Waals surface area (Å²) in [5.41, 5.74) is 5.73. The van der Waals surface area contributed by atoms with Crippen molar-refractivity contribution in [3.8, 4) is 5.69 Å². The molecule has 2 unspecified atom stereocenters. The normalized spacial score (nSPS) is 17.6. The Bertz CT molecular complexity index is 1240. The Morgan fingerprint density at radius 3 is 2.62 bits per heavy atom. The van der Waals surface area contributed by atoms with E-state index in [1.807, 2.05) is 24.4 Å². The number of para-hydroxylation sites is 1. The topological polar surface area (TPSA) is 45.1 Å². The first kappa shape index (κ1) is 22.2. The smallest absolute Gasteiger partial charge is 0.170 e. The molecule has 34 heavy (non-hydrogen) atoms. The van der Waals surface area contributed by atoms with Gasteiger partial charge in [0.15, 0.2) is 5.11 Å². The third-order valence-electron chi connectivity index (χ3n) is 6.24. The van der Waals surface area contributed by atoms with E-state index in [9.17, 15) is 0 Å². The van der Waals surface area contributed by atoms with Gasteiger partial charge in [0.05, 0.1) is 17.8 Å². The van der Waals surface area contributed by atoms with Gasteiger partial charge >= 0.3 is 0 Å². The van der Waals surface area contributed by atoms with E-state index in [1.54, 1.807) is 0 Å². The Hall–Kier alpha value is -3.64. The molecule has 0 saturated carbocycles. The Kier molecular flexibility index (Phi) is 6.58. The molecule has 2 N–H and O–H groups in total. The number of thiocarbonyl (C=S) groups is 1. The maximum absolute atomic E-state index is 5.85. The van der Waals surface area contributed by atoms with E-state index < -0.39 is 0 Å². The molecular formula is C28H29N5S. The average Bonchev–Trinajstić information content (AvgIpc) is 3.47. The molecule has 4 aromatic rings. The number of nitrogens with zero attached hydrogens (tertiary/aromatic N) is 3. The summed E-state index contributed by atoms with van der Waals surface area (Å²) in [6.45, 7) is 3.85. The van der Waals surface area contributed by atoms with E-state index >= 15 is 0 Å². The molecule has 0 aliphatic carbocycles. The van der Waals surface area contributed by atoms with Gasteiger partial charge in [-0.2, -0.15) is 0 Å². The van der Waals surface area contributed by atoms with Gasteiger partial charge in [-0.15, -0.1) is 0 Å². The van der Waals surface area contributed by atoms with Crippen LogP contribution in [0.1, 0.15) is 35.5 Å². The first-order chi connectivity index (χ1) is 16.7. The molecule has 5 nitrogen and oxygen atoms in total. The lowest BCUT2D eigenvalue weighted by molar-refractivity contribution is 0.307. The molecule has 0 bridgehead atoms. The van der Waals surface area contributed by atoms with E-state index in [-0.39, 0.29) is 12.1 Å². The fourth-order valence-corrected chi connectivity index (χ4v) is 4.99. The van der Waals surface area contributed by atoms with Crippen molar-refractivity contribution < 1.29 is 0 Å². The van der Waals surface area contributed by atoms with Crippen LogP contribution in [0.15, 0.2) is 97.3 Å². The Morgan fingerprint density at radius 1 is 0.971 bits per heavy atom. The molecule has 0 amide bonds. The summed E-state index contributed by atoms with van der Waals surface area (Å²) in [5, 5.41) is 7.86. The van der Waals surface area contributed by atoms with Gasteiger partial charge in [0.2, 0.25) is 0 Å². The van der Waals surface area contributed by atoms with Crippen LogP contribution in [0.3, 0.4) is 0 Å². The lowest BCUT2D eigenvalue weighted by Crippen LogP contribution is -2.32. The second-order valence-electron chi connectivity index (χ2n) is 8.61. The fourth-order valence-electron chi connectivity index (χ4n) is 4.65. The van der Waals surface area contributed by atoms with Crippen LogP contribution in [-0.4, -0.2) is 32.7 Å². The average molecular weight is 468 g/mol. The molecule has 2 aromatic carbocycles. The van der Waals surface area contributed by atoms with Gasteiger partial charge < -0.3 is 20.1 Å². The van der Waals surface area contributed by atoms with Crippen molar-refractivity contribution in [2.24, 2.45) is 0 Å². The molecule has 5 rings (SSSR count). The highest BCUT2D eigenvalue weighted by Gasteiger charge is 2.40. The monoisotopic (exact) mass is 467 g/mol. The maximum Gasteiger partial charge on any atom is 0.170 e. The summed E-state index contributed by atoms with van der Waals surface area (Å²) in [6.07, 6.45) is 4.95. The fraction of sp³-hybridized carbons (Fsp3) is 0.214. The molecular weight excluding hydrogens is 438 g/mol. The highest BCUT2D eigenvalue weighted by Crippen LogP contribution is 2.39. The number of hydrogen-bond acceptors (Lipinski definition) is 3. The van der Waals surface area contributed by atoms with Crippen LogP contribution in [0.5, 0.6) is 0 Å². The Balaban J connectivity index is 1.43. The molecule has 1 fully saturated rings. The minimum Gasteiger partial charge on any atom is -0.385 e. The van der Waals surface area contributed by atoms with Gasteiger partial charge in [0.1, 0.15) is 0 Å². The number of pyridine rings is 1. The third-order valence-corrected chi connectivity index (χ3v) is 6.59. The zero-order valence-electron chi connectivity index (χ0n) is 19.3. The van der Waals surface area contributed by atoms with Crippen molar-refractivity contribution in [3.63, 3.8) is 0 Å². The van der Waals surface area contributed by atoms with Crippen LogP contribution in [0.4, 0.5) is 5.69 Å². The third kappa shape index (κ3) is 4.68. The molecule has 0 radical (unpaired) electrons. The SMILES string of the molecule is Cc1cccc(-n2cccc2C2C(c3ccccn3)NC(=S)N2CCCNc2ccccc2)c1. The Labute approximate surface area is 206 Å². The first-order valence-electron chi connectivity index (χ1n) is 11.7. The summed E-state index contributed by atoms with van der Waals surface area (Å²) < 4.78 is 2.28. The van der Waals surface area contributed by atoms with E-state index in [4.69, 9.17) is 12.2 Å². The molecule has 2 atom stereocenters. The number of anilines is 1. The summed E-state index contributed by atoms with van der Waals surface area (Å²) in [6, 6.07) is 29.3. The van der Waals surface area contributed by atoms with Crippen molar-refractivity contribution in [3.05, 3.63) is 114 Å². The highest BCUT2D eigenvalue weighted by atomic mass is 32.1. The number of hydrogen-bond donors (Lipinski definition) is 2. The lowest BCUT2D eigenvalue weighted by Gasteiger charge is -2.29. The van der Waals surface area contributed by atoms with Gasteiger partial charge in [-0.05, 0) is 79.7 Å². The molecule has 1 saturated heterocycles. The van der Waals surface area contributed by atoms with Crippen molar-refractivity contribution >= 4 is 23.0 Å². The quantitative estimate of drug-likeness (QED) is 0.259. The lowest BCUT2D eigenvalue weighted by atomic mass is 10.0. The second-order valence-corrected chi connectivity index (χ2v) is 9.00. The van der Waals surface area contributed by atoms with Crippen LogP contribution in [0.25, 0.3) is 5.69 Å². The van der Waals surface area contributed by atoms with Crippen molar-refractivity contribution in [1.29, 1.82) is 0 Å². The summed E-state index contributed by atoms with van der Waals surface area (Å²) >= 11 is 5.85. The van der Waals surface area contributed by atoms with Gasteiger partial charge in [0, 0.05) is 42.6 Å². The van der Waals surface area contributed by atoms with Crippen molar-refractivity contribution in [2.45, 2.75) is 25.4 Å². The van der Waals surface area contributed by atoms with E-state index in [2.05, 4.69) is 105 Å². The van der Waals surface area contributed by atoms with Gasteiger partial charge in [0.25, 0.3) is 0 Å². The summed E-state index contributed by atoms with van der Waals surface area (Å²) in [5.74, 6) is 0. The molecule has 2 aromatic heterocycles. The predicted molar refractivity (Wildman–Crippen MR) is 142 cm³/mol. The molecule has 3 heterocycles. The standard InChI is InChI=1S/C28H29N5S/c1-21-10-7-13-23(20-21)32-18-8-15-25(32)27-26(24-14-5-6-16-30-24)31-28(34)33(27)19-9-17-29-22-11-3-2-4-12-22/h2-8,10-16,18,20,26-27,29H,9,17,19H2,1H3,(H,31,34). The van der Waals surface area contributed by atoms with Crippen LogP contribution < -0.4 is 10.6 Å². The zero-order valence-corrected chi connectivity index (χ0v) is 20.1. The number of nitrogens with one attached hydrogen (secondary N) is 2. The van der Waals surface area contributed by atoms with Crippen LogP contribution in [0, 0.1) is 6.92 Å². The van der Waals surface area contributed by atoms with Crippen molar-refractivity contribution in [2.75, 3.05) is 18.4 Å². The number of aromatic nitrogens is 2. The van der Waals surface area contributed by atoms with Gasteiger partial charge in [-0.25, -0.2) is 0 Å². The largest absolute Gasteiger partial charge is 0.385 e. The summed E-state index contributed by atoms with van der Waals surface area (Å²) in [7, 11) is 0. The van der Waals surface area contributed by atoms with Crippen LogP contribution in [-0.2, 0) is 0 Å². The molecule has 172 valence electrons. The maximum atomic E-state index is 5.85. The van der Waals surface area contributed by atoms with Crippen LogP contribution >= 0.6 is 12.2 Å². The van der Waals surface area contributed by atoms with Crippen LogP contribution in [0.2, 0.25) is 0 Å². The second kappa shape index (κ2) is 10.1. The van der Waals surface area contributed by atoms with Gasteiger partial charge in [-0.1, -0.05) is 36.4 Å². The predicted octanol–water partition coefficient (Wildman–Crippen LogP) is 5.66. The first-order valence-corrected chi connectivity index (χ1v) is 12.1. The summed E-state index contributed by atoms with van der Waals surface area (Å²) in [4.78, 5) is 6.99. The molecule has 6 heteroatoms. The number of rotatable bonds is 8. The van der Waals surface area contributed by atoms with Gasteiger partial charge in [-0.3, -0.25) is 4.98 Å². The highest BCUT2D eigenvalue weighted by molar-refractivity contribution is 7.80. The van der Waals surface area contributed by atoms with E-state index in [0.29, 0.717) is 0 Å². The number of benzene rings is 2. The molecule has 1 aliphatic rings. The Morgan fingerprint density at radius 2 is 1.82 bits per heavy atom. The minimum atomic E-state index is -0.0192. The molecule has 1 aliphatic heterocycles. The molecule has 0 spiro atoms. The number of aryl methyl sites for hydroxylation is 1. The van der Waals surface area contributed by atoms with E-state index in [1.165, 1.54) is 11.3 Å². The van der Waals surface area contributed by atoms with Crippen molar-refractivity contribution in [1.82, 2.24) is 19.8 Å². The zero-order chi connectivity index (χ0) is 23.3. The minimum absolute atomic E-state index is 0.0192.